The SMILES string of the molecule is NOC1=CCC(=O)C=C1. The summed E-state index contributed by atoms with van der Waals surface area (Å²) in [6.07, 6.45) is 5.03. The predicted molar refractivity (Wildman–Crippen MR) is 32.1 cm³/mol. The van der Waals surface area contributed by atoms with Crippen molar-refractivity contribution in [1.29, 1.82) is 0 Å². The number of nitrogens with two attached hydrogens (primary N) is 1. The monoisotopic (exact) mass is 125 g/mol. The van der Waals surface area contributed by atoms with Crippen LogP contribution in [0, 0.1) is 0 Å². The topological polar surface area (TPSA) is 52.3 Å². The van der Waals surface area contributed by atoms with Crippen molar-refractivity contribution in [2.24, 2.45) is 5.90 Å². The quantitative estimate of drug-likeness (QED) is 0.512. The minimum atomic E-state index is 0.0794. The van der Waals surface area contributed by atoms with E-state index in [1.54, 1.807) is 12.2 Å². The highest BCUT2D eigenvalue weighted by molar-refractivity contribution is 5.92. The number of ketones is 1. The Hall–Kier alpha value is -1.09. The van der Waals surface area contributed by atoms with Gasteiger partial charge in [-0.1, -0.05) is 0 Å². The summed E-state index contributed by atoms with van der Waals surface area (Å²) in [4.78, 5) is 14.9. The number of carbonyl (C=O) groups excluding carboxylic acids is 1. The van der Waals surface area contributed by atoms with Gasteiger partial charge in [0, 0.05) is 6.42 Å². The Morgan fingerprint density at radius 2 is 2.33 bits per heavy atom. The average Bonchev–Trinajstić information content (AvgIpc) is 1.90. The number of hydrogen-bond donors (Lipinski definition) is 1. The molecule has 0 spiro atoms. The Bertz CT molecular complexity index is 181. The summed E-state index contributed by atoms with van der Waals surface area (Å²) in [7, 11) is 0. The van der Waals surface area contributed by atoms with Gasteiger partial charge in [0.1, 0.15) is 5.76 Å². The van der Waals surface area contributed by atoms with Crippen molar-refractivity contribution >= 4 is 5.78 Å². The predicted octanol–water partition coefficient (Wildman–Crippen LogP) is 0.290. The zero-order chi connectivity index (χ0) is 6.69. The maximum Gasteiger partial charge on any atom is 0.159 e. The first-order valence-corrected chi connectivity index (χ1v) is 2.61. The summed E-state index contributed by atoms with van der Waals surface area (Å²) in [6.45, 7) is 0. The zero-order valence-corrected chi connectivity index (χ0v) is 4.83. The largest absolute Gasteiger partial charge is 0.412 e. The number of allylic oxidation sites excluding steroid dienone is 3. The van der Waals surface area contributed by atoms with Crippen LogP contribution >= 0.6 is 0 Å². The van der Waals surface area contributed by atoms with E-state index in [9.17, 15) is 4.79 Å². The highest BCUT2D eigenvalue weighted by Crippen LogP contribution is 2.05. The maximum absolute atomic E-state index is 10.5. The van der Waals surface area contributed by atoms with Crippen LogP contribution in [0.5, 0.6) is 0 Å². The van der Waals surface area contributed by atoms with Gasteiger partial charge in [-0.2, -0.15) is 5.90 Å². The molecule has 0 bridgehead atoms. The van der Waals surface area contributed by atoms with Crippen molar-refractivity contribution in [2.45, 2.75) is 6.42 Å². The van der Waals surface area contributed by atoms with E-state index in [4.69, 9.17) is 5.90 Å². The van der Waals surface area contributed by atoms with Crippen LogP contribution in [0.3, 0.4) is 0 Å². The van der Waals surface area contributed by atoms with Crippen molar-refractivity contribution < 1.29 is 9.63 Å². The summed E-state index contributed by atoms with van der Waals surface area (Å²) in [5.74, 6) is 5.45. The second-order valence-electron chi connectivity index (χ2n) is 1.73. The fourth-order valence-electron chi connectivity index (χ4n) is 0.600. The molecule has 1 aliphatic carbocycles. The van der Waals surface area contributed by atoms with E-state index < -0.39 is 0 Å². The molecule has 0 aromatic rings. The van der Waals surface area contributed by atoms with Gasteiger partial charge in [-0.05, 0) is 18.2 Å². The Kier molecular flexibility index (Phi) is 1.65. The van der Waals surface area contributed by atoms with E-state index in [2.05, 4.69) is 4.84 Å². The van der Waals surface area contributed by atoms with Gasteiger partial charge in [0.2, 0.25) is 0 Å². The Morgan fingerprint density at radius 3 is 2.78 bits per heavy atom. The van der Waals surface area contributed by atoms with Crippen molar-refractivity contribution in [3.63, 3.8) is 0 Å². The molecule has 0 atom stereocenters. The van der Waals surface area contributed by atoms with Crippen LogP contribution in [0.2, 0.25) is 0 Å². The van der Waals surface area contributed by atoms with Gasteiger partial charge in [0.05, 0.1) is 0 Å². The lowest BCUT2D eigenvalue weighted by Crippen LogP contribution is -2.02. The van der Waals surface area contributed by atoms with E-state index in [1.807, 2.05) is 0 Å². The van der Waals surface area contributed by atoms with Crippen LogP contribution in [0.4, 0.5) is 0 Å². The molecule has 0 heterocycles. The second kappa shape index (κ2) is 2.46. The van der Waals surface area contributed by atoms with Crippen LogP contribution in [0.1, 0.15) is 6.42 Å². The normalized spacial score (nSPS) is 17.4. The lowest BCUT2D eigenvalue weighted by molar-refractivity contribution is -0.114. The smallest absolute Gasteiger partial charge is 0.159 e. The summed E-state index contributed by atoms with van der Waals surface area (Å²) in [5, 5.41) is 0. The second-order valence-corrected chi connectivity index (χ2v) is 1.73. The highest BCUT2D eigenvalue weighted by atomic mass is 16.6. The lowest BCUT2D eigenvalue weighted by atomic mass is 10.1. The first kappa shape index (κ1) is 6.04. The third-order valence-electron chi connectivity index (χ3n) is 1.07. The third kappa shape index (κ3) is 1.40. The van der Waals surface area contributed by atoms with Gasteiger partial charge in [-0.15, -0.1) is 0 Å². The van der Waals surface area contributed by atoms with Crippen LogP contribution < -0.4 is 5.90 Å². The molecule has 0 saturated heterocycles. The molecule has 0 radical (unpaired) electrons. The molecule has 0 saturated carbocycles. The lowest BCUT2D eigenvalue weighted by Gasteiger charge is -2.01. The molecule has 9 heavy (non-hydrogen) atoms. The van der Waals surface area contributed by atoms with E-state index in [-0.39, 0.29) is 5.78 Å². The minimum Gasteiger partial charge on any atom is -0.412 e. The van der Waals surface area contributed by atoms with Gasteiger partial charge >= 0.3 is 0 Å². The minimum absolute atomic E-state index is 0.0794. The average molecular weight is 125 g/mol. The molecule has 0 aromatic heterocycles. The van der Waals surface area contributed by atoms with Gasteiger partial charge in [0.25, 0.3) is 0 Å². The summed E-state index contributed by atoms with van der Waals surface area (Å²) >= 11 is 0. The van der Waals surface area contributed by atoms with Crippen molar-refractivity contribution in [3.8, 4) is 0 Å². The molecular formula is C6H7NO2. The molecule has 1 rings (SSSR count). The van der Waals surface area contributed by atoms with E-state index >= 15 is 0 Å². The molecule has 0 amide bonds. The van der Waals surface area contributed by atoms with Crippen LogP contribution in [-0.4, -0.2) is 5.78 Å². The third-order valence-corrected chi connectivity index (χ3v) is 1.07. The Morgan fingerprint density at radius 1 is 1.56 bits per heavy atom. The number of hydrogen-bond acceptors (Lipinski definition) is 3. The highest BCUT2D eigenvalue weighted by Gasteiger charge is 2.01. The molecule has 3 nitrogen and oxygen atoms in total. The molecular weight excluding hydrogens is 118 g/mol. The molecule has 0 aromatic carbocycles. The fourth-order valence-corrected chi connectivity index (χ4v) is 0.600. The Labute approximate surface area is 52.7 Å². The van der Waals surface area contributed by atoms with Crippen LogP contribution in [-0.2, 0) is 9.63 Å². The number of rotatable bonds is 1. The summed E-state index contributed by atoms with van der Waals surface area (Å²) in [5.41, 5.74) is 0. The van der Waals surface area contributed by atoms with Crippen molar-refractivity contribution in [1.82, 2.24) is 0 Å². The number of carbonyl (C=O) groups is 1. The van der Waals surface area contributed by atoms with Crippen LogP contribution in [0.25, 0.3) is 0 Å². The Balaban J connectivity index is 2.63. The molecule has 0 unspecified atom stereocenters. The van der Waals surface area contributed by atoms with Gasteiger partial charge < -0.3 is 4.84 Å². The maximum atomic E-state index is 10.5. The van der Waals surface area contributed by atoms with E-state index in [1.165, 1.54) is 6.08 Å². The molecule has 2 N–H and O–H groups in total. The molecule has 48 valence electrons. The summed E-state index contributed by atoms with van der Waals surface area (Å²) in [6, 6.07) is 0. The van der Waals surface area contributed by atoms with Gasteiger partial charge in [-0.25, -0.2) is 0 Å². The summed E-state index contributed by atoms with van der Waals surface area (Å²) < 4.78 is 0. The van der Waals surface area contributed by atoms with E-state index in [0.29, 0.717) is 12.2 Å². The van der Waals surface area contributed by atoms with Crippen LogP contribution in [0.15, 0.2) is 24.0 Å². The first-order valence-electron chi connectivity index (χ1n) is 2.61. The van der Waals surface area contributed by atoms with Gasteiger partial charge in [-0.3, -0.25) is 4.79 Å². The molecule has 0 aliphatic heterocycles. The van der Waals surface area contributed by atoms with Crippen molar-refractivity contribution in [2.75, 3.05) is 0 Å². The zero-order valence-electron chi connectivity index (χ0n) is 4.83. The standard InChI is InChI=1S/C6H7NO2/c7-9-6-3-1-5(8)2-4-6/h1,3-4H,2,7H2. The molecule has 3 heteroatoms. The van der Waals surface area contributed by atoms with Gasteiger partial charge in [0.15, 0.2) is 5.78 Å². The molecule has 1 aliphatic rings. The molecule has 0 fully saturated rings. The van der Waals surface area contributed by atoms with Crippen molar-refractivity contribution in [3.05, 3.63) is 24.0 Å². The van der Waals surface area contributed by atoms with E-state index in [0.717, 1.165) is 0 Å². The fraction of sp³-hybridized carbons (Fsp3) is 0.167. The first-order chi connectivity index (χ1) is 4.33.